The van der Waals surface area contributed by atoms with Crippen molar-refractivity contribution in [2.75, 3.05) is 7.11 Å². The lowest BCUT2D eigenvalue weighted by atomic mass is 10.1. The van der Waals surface area contributed by atoms with E-state index in [1.54, 1.807) is 12.1 Å². The molecule has 3 nitrogen and oxygen atoms in total. The van der Waals surface area contributed by atoms with Crippen molar-refractivity contribution < 1.29 is 14.6 Å². The largest absolute Gasteiger partial charge is 0.507 e. The molecule has 0 unspecified atom stereocenters. The Bertz CT molecular complexity index is 399. The lowest BCUT2D eigenvalue weighted by Crippen LogP contribution is -1.95. The lowest BCUT2D eigenvalue weighted by molar-refractivity contribution is 0.111. The van der Waals surface area contributed by atoms with Gasteiger partial charge in [0.25, 0.3) is 0 Å². The fraction of sp³-hybridized carbons (Fsp3) is 0.182. The Balaban J connectivity index is 3.43. The predicted octanol–water partition coefficient (Wildman–Crippen LogP) is 2.70. The smallest absolute Gasteiger partial charge is 0.155 e. The molecule has 1 rings (SSSR count). The first-order chi connectivity index (χ1) is 7.15. The summed E-state index contributed by atoms with van der Waals surface area (Å²) in [5, 5.41) is 9.76. The maximum atomic E-state index is 10.8. The molecule has 80 valence electrons. The summed E-state index contributed by atoms with van der Waals surface area (Å²) in [5.74, 6) is 0.490. The molecule has 0 atom stereocenters. The molecule has 0 aliphatic rings. The number of aldehydes is 1. The summed E-state index contributed by atoms with van der Waals surface area (Å²) < 4.78 is 5.54. The van der Waals surface area contributed by atoms with Crippen molar-refractivity contribution in [3.05, 3.63) is 34.3 Å². The van der Waals surface area contributed by atoms with Crippen LogP contribution >= 0.6 is 15.9 Å². The number of hydrogen-bond donors (Lipinski definition) is 1. The van der Waals surface area contributed by atoms with Gasteiger partial charge in [-0.25, -0.2) is 0 Å². The number of carbonyl (C=O) groups excluding carboxylic acids is 1. The van der Waals surface area contributed by atoms with Crippen molar-refractivity contribution >= 4 is 22.2 Å². The van der Waals surface area contributed by atoms with Crippen LogP contribution < -0.4 is 4.74 Å². The highest BCUT2D eigenvalue weighted by Crippen LogP contribution is 2.36. The Kier molecular flexibility index (Phi) is 3.91. The zero-order valence-corrected chi connectivity index (χ0v) is 9.87. The van der Waals surface area contributed by atoms with Crippen LogP contribution in [-0.4, -0.2) is 18.5 Å². The van der Waals surface area contributed by atoms with Crippen LogP contribution in [0.4, 0.5) is 0 Å². The molecule has 0 amide bonds. The van der Waals surface area contributed by atoms with Crippen LogP contribution in [0.5, 0.6) is 11.5 Å². The molecule has 15 heavy (non-hydrogen) atoms. The van der Waals surface area contributed by atoms with Crippen molar-refractivity contribution in [3.63, 3.8) is 0 Å². The number of halogens is 1. The molecular weight excluding hydrogens is 260 g/mol. The molecular formula is C11H11BrO3. The van der Waals surface area contributed by atoms with Gasteiger partial charge in [-0.15, -0.1) is 6.58 Å². The highest BCUT2D eigenvalue weighted by atomic mass is 79.9. The van der Waals surface area contributed by atoms with Gasteiger partial charge in [0.15, 0.2) is 6.29 Å². The second-order valence-electron chi connectivity index (χ2n) is 2.92. The third-order valence-corrected chi connectivity index (χ3v) is 2.84. The van der Waals surface area contributed by atoms with Crippen molar-refractivity contribution in [1.82, 2.24) is 0 Å². The topological polar surface area (TPSA) is 46.5 Å². The molecule has 0 aliphatic heterocycles. The molecule has 0 aromatic heterocycles. The van der Waals surface area contributed by atoms with Crippen LogP contribution in [-0.2, 0) is 6.42 Å². The summed E-state index contributed by atoms with van der Waals surface area (Å²) in [6.45, 7) is 3.58. The minimum absolute atomic E-state index is 0.0300. The van der Waals surface area contributed by atoms with Crippen LogP contribution in [0.1, 0.15) is 15.9 Å². The first-order valence-electron chi connectivity index (χ1n) is 4.30. The fourth-order valence-electron chi connectivity index (χ4n) is 1.27. The van der Waals surface area contributed by atoms with Gasteiger partial charge in [0.2, 0.25) is 0 Å². The quantitative estimate of drug-likeness (QED) is 0.676. The molecule has 1 aromatic rings. The molecule has 1 N–H and O–H groups in total. The van der Waals surface area contributed by atoms with E-state index in [9.17, 15) is 9.90 Å². The van der Waals surface area contributed by atoms with E-state index < -0.39 is 0 Å². The van der Waals surface area contributed by atoms with Crippen LogP contribution in [0.25, 0.3) is 0 Å². The molecule has 0 aliphatic carbocycles. The van der Waals surface area contributed by atoms with Gasteiger partial charge in [0.05, 0.1) is 17.1 Å². The number of rotatable bonds is 4. The van der Waals surface area contributed by atoms with Crippen LogP contribution in [0, 0.1) is 0 Å². The average Bonchev–Trinajstić information content (AvgIpc) is 2.23. The number of phenolic OH excluding ortho intramolecular Hbond substituents is 1. The van der Waals surface area contributed by atoms with Crippen molar-refractivity contribution in [1.29, 1.82) is 0 Å². The van der Waals surface area contributed by atoms with Crippen LogP contribution in [0.2, 0.25) is 0 Å². The van der Waals surface area contributed by atoms with E-state index in [-0.39, 0.29) is 11.3 Å². The Hall–Kier alpha value is -1.29. The number of benzene rings is 1. The van der Waals surface area contributed by atoms with Crippen LogP contribution in [0.3, 0.4) is 0 Å². The Morgan fingerprint density at radius 3 is 2.80 bits per heavy atom. The number of allylic oxidation sites excluding steroid dienone is 1. The van der Waals surface area contributed by atoms with E-state index in [2.05, 4.69) is 22.5 Å². The summed E-state index contributed by atoms with van der Waals surface area (Å²) in [7, 11) is 1.50. The van der Waals surface area contributed by atoms with Gasteiger partial charge in [0.1, 0.15) is 11.5 Å². The third kappa shape index (κ3) is 2.21. The van der Waals surface area contributed by atoms with Gasteiger partial charge >= 0.3 is 0 Å². The number of methoxy groups -OCH3 is 1. The van der Waals surface area contributed by atoms with Gasteiger partial charge in [-0.05, 0) is 28.4 Å². The van der Waals surface area contributed by atoms with E-state index >= 15 is 0 Å². The minimum Gasteiger partial charge on any atom is -0.507 e. The number of aromatic hydroxyl groups is 1. The molecule has 0 bridgehead atoms. The summed E-state index contributed by atoms with van der Waals surface area (Å²) in [6, 6.07) is 1.67. The van der Waals surface area contributed by atoms with E-state index in [1.807, 2.05) is 0 Å². The second-order valence-corrected chi connectivity index (χ2v) is 3.72. The molecule has 0 fully saturated rings. The van der Waals surface area contributed by atoms with Gasteiger partial charge < -0.3 is 9.84 Å². The number of hydrogen-bond acceptors (Lipinski definition) is 3. The van der Waals surface area contributed by atoms with E-state index in [1.165, 1.54) is 7.11 Å². The molecule has 0 radical (unpaired) electrons. The van der Waals surface area contributed by atoms with E-state index in [0.717, 1.165) is 0 Å². The van der Waals surface area contributed by atoms with Crippen molar-refractivity contribution in [2.24, 2.45) is 0 Å². The van der Waals surface area contributed by atoms with Gasteiger partial charge in [-0.1, -0.05) is 6.08 Å². The molecule has 0 saturated carbocycles. The lowest BCUT2D eigenvalue weighted by Gasteiger charge is -2.10. The molecule has 1 aromatic carbocycles. The Morgan fingerprint density at radius 2 is 2.33 bits per heavy atom. The molecule has 0 spiro atoms. The monoisotopic (exact) mass is 270 g/mol. The average molecular weight is 271 g/mol. The van der Waals surface area contributed by atoms with Gasteiger partial charge in [-0.3, -0.25) is 4.79 Å². The van der Waals surface area contributed by atoms with Gasteiger partial charge in [0, 0.05) is 5.56 Å². The summed E-state index contributed by atoms with van der Waals surface area (Å²) >= 11 is 3.20. The molecule has 0 saturated heterocycles. The second kappa shape index (κ2) is 4.98. The van der Waals surface area contributed by atoms with E-state index in [4.69, 9.17) is 4.74 Å². The zero-order valence-electron chi connectivity index (χ0n) is 8.29. The number of phenols is 1. The Morgan fingerprint density at radius 1 is 1.67 bits per heavy atom. The predicted molar refractivity (Wildman–Crippen MR) is 61.6 cm³/mol. The fourth-order valence-corrected chi connectivity index (χ4v) is 1.82. The SMILES string of the molecule is C=CCc1cc(OC)c(Br)c(C=O)c1O. The normalized spacial score (nSPS) is 9.73. The summed E-state index contributed by atoms with van der Waals surface area (Å²) in [4.78, 5) is 10.8. The molecule has 0 heterocycles. The highest BCUT2D eigenvalue weighted by Gasteiger charge is 2.15. The van der Waals surface area contributed by atoms with Crippen molar-refractivity contribution in [2.45, 2.75) is 6.42 Å². The maximum absolute atomic E-state index is 10.8. The van der Waals surface area contributed by atoms with Crippen LogP contribution in [0.15, 0.2) is 23.2 Å². The maximum Gasteiger partial charge on any atom is 0.155 e. The first kappa shape index (κ1) is 11.8. The minimum atomic E-state index is -0.0300. The zero-order chi connectivity index (χ0) is 11.4. The third-order valence-electron chi connectivity index (χ3n) is 2.02. The van der Waals surface area contributed by atoms with E-state index in [0.29, 0.717) is 28.5 Å². The van der Waals surface area contributed by atoms with Crippen molar-refractivity contribution in [3.8, 4) is 11.5 Å². The summed E-state index contributed by atoms with van der Waals surface area (Å²) in [6.07, 6.45) is 2.72. The first-order valence-corrected chi connectivity index (χ1v) is 5.09. The van der Waals surface area contributed by atoms with Gasteiger partial charge in [-0.2, -0.15) is 0 Å². The molecule has 4 heteroatoms. The number of ether oxygens (including phenoxy) is 1. The standard InChI is InChI=1S/C11H11BrO3/c1-3-4-7-5-9(15-2)10(12)8(6-13)11(7)14/h3,5-6,14H,1,4H2,2H3. The highest BCUT2D eigenvalue weighted by molar-refractivity contribution is 9.10. The number of carbonyl (C=O) groups is 1. The summed E-state index contributed by atoms with van der Waals surface area (Å²) in [5.41, 5.74) is 0.818. The Labute approximate surface area is 96.5 Å².